The van der Waals surface area contributed by atoms with E-state index in [2.05, 4.69) is 13.8 Å². The Morgan fingerprint density at radius 3 is 2.63 bits per heavy atom. The standard InChI is InChI=1S/C23H32O4/c1-13(21(26)27-4)17-7-8-18-16-6-5-14-11-15(24)9-10-22(14,2)19(16)12-20(25)23(17,18)3/h12-14,16-18H,5-11H2,1-4H3. The van der Waals surface area contributed by atoms with Crippen LogP contribution >= 0.6 is 0 Å². The molecule has 27 heavy (non-hydrogen) atoms. The van der Waals surface area contributed by atoms with E-state index in [1.54, 1.807) is 0 Å². The predicted molar refractivity (Wildman–Crippen MR) is 102 cm³/mol. The molecule has 4 rings (SSSR count). The van der Waals surface area contributed by atoms with Gasteiger partial charge in [-0.1, -0.05) is 26.3 Å². The summed E-state index contributed by atoms with van der Waals surface area (Å²) in [5, 5.41) is 0. The number of Topliss-reactive ketones (excluding diaryl/α,β-unsaturated/α-hetero) is 1. The second kappa shape index (κ2) is 6.28. The molecule has 4 aliphatic rings. The lowest BCUT2D eigenvalue weighted by atomic mass is 9.48. The molecule has 0 bridgehead atoms. The number of rotatable bonds is 2. The third-order valence-corrected chi connectivity index (χ3v) is 8.99. The Morgan fingerprint density at radius 2 is 1.93 bits per heavy atom. The summed E-state index contributed by atoms with van der Waals surface area (Å²) in [7, 11) is 1.43. The summed E-state index contributed by atoms with van der Waals surface area (Å²) in [6.45, 7) is 6.31. The first kappa shape index (κ1) is 18.9. The second-order valence-corrected chi connectivity index (χ2v) is 9.89. The highest BCUT2D eigenvalue weighted by atomic mass is 16.5. The first-order valence-electron chi connectivity index (χ1n) is 10.6. The summed E-state index contributed by atoms with van der Waals surface area (Å²) >= 11 is 0. The summed E-state index contributed by atoms with van der Waals surface area (Å²) in [6.07, 6.45) is 8.25. The minimum atomic E-state index is -0.463. The van der Waals surface area contributed by atoms with E-state index in [1.807, 2.05) is 13.0 Å². The van der Waals surface area contributed by atoms with Gasteiger partial charge in [-0.15, -0.1) is 0 Å². The zero-order chi connectivity index (χ0) is 19.6. The van der Waals surface area contributed by atoms with Crippen LogP contribution in [-0.2, 0) is 19.1 Å². The molecule has 0 radical (unpaired) electrons. The first-order chi connectivity index (χ1) is 12.7. The second-order valence-electron chi connectivity index (χ2n) is 9.89. The van der Waals surface area contributed by atoms with Crippen molar-refractivity contribution >= 4 is 17.5 Å². The molecule has 0 amide bonds. The Bertz CT molecular complexity index is 722. The van der Waals surface area contributed by atoms with Crippen molar-refractivity contribution in [3.8, 4) is 0 Å². The Labute approximate surface area is 162 Å². The summed E-state index contributed by atoms with van der Waals surface area (Å²) in [4.78, 5) is 37.7. The van der Waals surface area contributed by atoms with Crippen molar-refractivity contribution in [2.75, 3.05) is 7.11 Å². The van der Waals surface area contributed by atoms with Gasteiger partial charge in [-0.2, -0.15) is 0 Å². The van der Waals surface area contributed by atoms with Crippen LogP contribution in [0.5, 0.6) is 0 Å². The van der Waals surface area contributed by atoms with Crippen molar-refractivity contribution < 1.29 is 19.1 Å². The molecule has 148 valence electrons. The molecule has 0 aromatic rings. The molecule has 3 saturated carbocycles. The van der Waals surface area contributed by atoms with Gasteiger partial charge in [-0.3, -0.25) is 14.4 Å². The third kappa shape index (κ3) is 2.51. The fraction of sp³-hybridized carbons (Fsp3) is 0.783. The molecule has 0 aromatic heterocycles. The lowest BCUT2D eigenvalue weighted by molar-refractivity contribution is -0.150. The van der Waals surface area contributed by atoms with Crippen molar-refractivity contribution in [2.45, 2.75) is 65.7 Å². The van der Waals surface area contributed by atoms with Gasteiger partial charge in [-0.05, 0) is 67.3 Å². The predicted octanol–water partition coefficient (Wildman–Crippen LogP) is 4.12. The zero-order valence-corrected chi connectivity index (χ0v) is 17.0. The number of carbonyl (C=O) groups is 3. The molecule has 0 spiro atoms. The largest absolute Gasteiger partial charge is 0.469 e. The van der Waals surface area contributed by atoms with Gasteiger partial charge >= 0.3 is 5.97 Å². The van der Waals surface area contributed by atoms with E-state index in [1.165, 1.54) is 12.7 Å². The molecule has 0 aliphatic heterocycles. The van der Waals surface area contributed by atoms with Gasteiger partial charge in [0.25, 0.3) is 0 Å². The number of fused-ring (bicyclic) bond motifs is 5. The quantitative estimate of drug-likeness (QED) is 0.684. The molecule has 7 atom stereocenters. The van der Waals surface area contributed by atoms with Crippen LogP contribution in [0.15, 0.2) is 11.6 Å². The highest BCUT2D eigenvalue weighted by Gasteiger charge is 2.61. The summed E-state index contributed by atoms with van der Waals surface area (Å²) in [5.41, 5.74) is 0.861. The summed E-state index contributed by atoms with van der Waals surface area (Å²) in [6, 6.07) is 0. The molecular weight excluding hydrogens is 340 g/mol. The van der Waals surface area contributed by atoms with Gasteiger partial charge in [-0.25, -0.2) is 0 Å². The van der Waals surface area contributed by atoms with Crippen LogP contribution in [0.3, 0.4) is 0 Å². The normalized spacial score (nSPS) is 44.7. The fourth-order valence-electron chi connectivity index (χ4n) is 7.29. The van der Waals surface area contributed by atoms with E-state index in [9.17, 15) is 14.4 Å². The summed E-state index contributed by atoms with van der Waals surface area (Å²) in [5.74, 6) is 1.33. The van der Waals surface area contributed by atoms with Gasteiger partial charge in [0, 0.05) is 18.3 Å². The zero-order valence-electron chi connectivity index (χ0n) is 17.0. The average Bonchev–Trinajstić information content (AvgIpc) is 3.01. The van der Waals surface area contributed by atoms with E-state index >= 15 is 0 Å². The van der Waals surface area contributed by atoms with Crippen LogP contribution in [0.4, 0.5) is 0 Å². The van der Waals surface area contributed by atoms with Gasteiger partial charge < -0.3 is 4.74 Å². The lowest BCUT2D eigenvalue weighted by Gasteiger charge is -2.55. The molecule has 3 fully saturated rings. The highest BCUT2D eigenvalue weighted by molar-refractivity contribution is 5.98. The van der Waals surface area contributed by atoms with Crippen molar-refractivity contribution in [2.24, 2.45) is 40.4 Å². The van der Waals surface area contributed by atoms with Crippen LogP contribution in [0, 0.1) is 40.4 Å². The number of hydrogen-bond acceptors (Lipinski definition) is 4. The number of hydrogen-bond donors (Lipinski definition) is 0. The topological polar surface area (TPSA) is 60.4 Å². The average molecular weight is 373 g/mol. The van der Waals surface area contributed by atoms with Gasteiger partial charge in [0.1, 0.15) is 5.78 Å². The smallest absolute Gasteiger partial charge is 0.308 e. The number of ether oxygens (including phenoxy) is 1. The lowest BCUT2D eigenvalue weighted by Crippen LogP contribution is -2.52. The monoisotopic (exact) mass is 372 g/mol. The minimum absolute atomic E-state index is 0.000130. The van der Waals surface area contributed by atoms with Crippen molar-refractivity contribution in [3.63, 3.8) is 0 Å². The van der Waals surface area contributed by atoms with Crippen molar-refractivity contribution in [1.82, 2.24) is 0 Å². The van der Waals surface area contributed by atoms with Crippen molar-refractivity contribution in [3.05, 3.63) is 11.6 Å². The molecule has 0 N–H and O–H groups in total. The van der Waals surface area contributed by atoms with Crippen LogP contribution in [0.2, 0.25) is 0 Å². The molecule has 0 aromatic carbocycles. The number of allylic oxidation sites excluding steroid dienone is 2. The maximum atomic E-state index is 13.5. The van der Waals surface area contributed by atoms with E-state index in [0.29, 0.717) is 36.4 Å². The fourth-order valence-corrected chi connectivity index (χ4v) is 7.29. The van der Waals surface area contributed by atoms with E-state index in [0.717, 1.165) is 32.1 Å². The number of carbonyl (C=O) groups excluding carboxylic acids is 3. The van der Waals surface area contributed by atoms with Gasteiger partial charge in [0.2, 0.25) is 0 Å². The highest BCUT2D eigenvalue weighted by Crippen LogP contribution is 2.65. The third-order valence-electron chi connectivity index (χ3n) is 8.99. The van der Waals surface area contributed by atoms with E-state index in [4.69, 9.17) is 4.74 Å². The number of methoxy groups -OCH3 is 1. The maximum absolute atomic E-state index is 13.5. The van der Waals surface area contributed by atoms with Crippen LogP contribution in [-0.4, -0.2) is 24.6 Å². The number of esters is 1. The molecule has 4 aliphatic carbocycles. The van der Waals surface area contributed by atoms with Crippen molar-refractivity contribution in [1.29, 1.82) is 0 Å². The van der Waals surface area contributed by atoms with Gasteiger partial charge in [0.15, 0.2) is 5.78 Å². The van der Waals surface area contributed by atoms with Gasteiger partial charge in [0.05, 0.1) is 13.0 Å². The maximum Gasteiger partial charge on any atom is 0.308 e. The van der Waals surface area contributed by atoms with Crippen LogP contribution < -0.4 is 0 Å². The molecule has 0 heterocycles. The Balaban J connectivity index is 1.71. The minimum Gasteiger partial charge on any atom is -0.469 e. The summed E-state index contributed by atoms with van der Waals surface area (Å²) < 4.78 is 4.99. The molecule has 0 saturated heterocycles. The Morgan fingerprint density at radius 1 is 1.19 bits per heavy atom. The van der Waals surface area contributed by atoms with Crippen LogP contribution in [0.25, 0.3) is 0 Å². The molecule has 4 nitrogen and oxygen atoms in total. The molecule has 7 unspecified atom stereocenters. The Hall–Kier alpha value is -1.45. The van der Waals surface area contributed by atoms with E-state index < -0.39 is 5.41 Å². The number of ketones is 2. The molecular formula is C23H32O4. The van der Waals surface area contributed by atoms with E-state index in [-0.39, 0.29) is 29.0 Å². The first-order valence-corrected chi connectivity index (χ1v) is 10.6. The Kier molecular flexibility index (Phi) is 4.40. The SMILES string of the molecule is COC(=O)C(C)C1CCC2C3CCC4CC(=O)CCC4(C)C3=CC(=O)C12C. The van der Waals surface area contributed by atoms with Crippen LogP contribution in [0.1, 0.15) is 65.7 Å². The molecule has 4 heteroatoms.